The Bertz CT molecular complexity index is 621. The second-order valence-corrected chi connectivity index (χ2v) is 5.57. The number of nitrogens with zero attached hydrogens (tertiary/aromatic N) is 1. The highest BCUT2D eigenvalue weighted by molar-refractivity contribution is 5.99. The van der Waals surface area contributed by atoms with E-state index in [4.69, 9.17) is 4.42 Å². The monoisotopic (exact) mass is 284 g/mol. The van der Waals surface area contributed by atoms with Crippen LogP contribution >= 0.6 is 0 Å². The molecule has 4 nitrogen and oxygen atoms in total. The summed E-state index contributed by atoms with van der Waals surface area (Å²) in [5.74, 6) is 0.948. The number of anilines is 1. The number of carbonyl (C=O) groups excluding carboxylic acids is 1. The van der Waals surface area contributed by atoms with Gasteiger partial charge in [0.25, 0.3) is 0 Å². The maximum Gasteiger partial charge on any atom is 0.244 e. The zero-order valence-corrected chi connectivity index (χ0v) is 12.4. The molecule has 0 saturated heterocycles. The first-order valence-electron chi connectivity index (χ1n) is 7.33. The van der Waals surface area contributed by atoms with Crippen molar-refractivity contribution in [1.29, 1.82) is 0 Å². The first kappa shape index (κ1) is 13.9. The lowest BCUT2D eigenvalue weighted by Gasteiger charge is -2.26. The van der Waals surface area contributed by atoms with E-state index in [1.165, 1.54) is 5.56 Å². The Kier molecular flexibility index (Phi) is 3.80. The van der Waals surface area contributed by atoms with Crippen molar-refractivity contribution in [1.82, 2.24) is 5.32 Å². The molecular weight excluding hydrogens is 264 g/mol. The molecular formula is C17H20N2O2. The summed E-state index contributed by atoms with van der Waals surface area (Å²) < 4.78 is 5.28. The second-order valence-electron chi connectivity index (χ2n) is 5.57. The average Bonchev–Trinajstić information content (AvgIpc) is 3.10. The minimum Gasteiger partial charge on any atom is -0.468 e. The van der Waals surface area contributed by atoms with Crippen molar-refractivity contribution in [3.63, 3.8) is 0 Å². The topological polar surface area (TPSA) is 45.5 Å². The summed E-state index contributed by atoms with van der Waals surface area (Å²) in [6, 6.07) is 11.8. The van der Waals surface area contributed by atoms with Gasteiger partial charge in [0.15, 0.2) is 0 Å². The summed E-state index contributed by atoms with van der Waals surface area (Å²) in [6.07, 6.45) is 2.56. The molecule has 2 aromatic rings. The lowest BCUT2D eigenvalue weighted by Crippen LogP contribution is -2.47. The molecule has 110 valence electrons. The summed E-state index contributed by atoms with van der Waals surface area (Å²) >= 11 is 0. The Balaban J connectivity index is 1.69. The fourth-order valence-electron chi connectivity index (χ4n) is 2.86. The fraction of sp³-hybridized carbons (Fsp3) is 0.353. The van der Waals surface area contributed by atoms with Gasteiger partial charge in [0.1, 0.15) is 5.76 Å². The number of fused-ring (bicyclic) bond motifs is 1. The molecule has 21 heavy (non-hydrogen) atoms. The lowest BCUT2D eigenvalue weighted by atomic mass is 10.1. The predicted molar refractivity (Wildman–Crippen MR) is 82.1 cm³/mol. The molecule has 2 atom stereocenters. The molecule has 0 fully saturated rings. The molecule has 1 amide bonds. The number of carbonyl (C=O) groups is 1. The molecule has 1 N–H and O–H groups in total. The molecule has 1 aliphatic heterocycles. The molecule has 3 rings (SSSR count). The van der Waals surface area contributed by atoms with Gasteiger partial charge in [-0.25, -0.2) is 0 Å². The van der Waals surface area contributed by atoms with Gasteiger partial charge in [-0.1, -0.05) is 18.2 Å². The first-order chi connectivity index (χ1) is 10.2. The molecule has 0 aliphatic carbocycles. The van der Waals surface area contributed by atoms with Crippen molar-refractivity contribution in [3.05, 3.63) is 54.0 Å². The highest BCUT2D eigenvalue weighted by Crippen LogP contribution is 2.32. The van der Waals surface area contributed by atoms with Gasteiger partial charge in [0.05, 0.1) is 18.8 Å². The number of benzene rings is 1. The highest BCUT2D eigenvalue weighted by atomic mass is 16.3. The quantitative estimate of drug-likeness (QED) is 0.939. The van der Waals surface area contributed by atoms with Gasteiger partial charge in [-0.2, -0.15) is 0 Å². The zero-order valence-electron chi connectivity index (χ0n) is 12.4. The molecule has 2 heterocycles. The van der Waals surface area contributed by atoms with E-state index in [0.717, 1.165) is 17.9 Å². The minimum atomic E-state index is -0.247. The fourth-order valence-corrected chi connectivity index (χ4v) is 2.86. The van der Waals surface area contributed by atoms with E-state index in [9.17, 15) is 4.79 Å². The van der Waals surface area contributed by atoms with E-state index in [1.54, 1.807) is 6.26 Å². The van der Waals surface area contributed by atoms with Crippen molar-refractivity contribution in [2.45, 2.75) is 38.9 Å². The Labute approximate surface area is 124 Å². The van der Waals surface area contributed by atoms with E-state index in [2.05, 4.69) is 18.3 Å². The van der Waals surface area contributed by atoms with Gasteiger partial charge in [-0.15, -0.1) is 0 Å². The second kappa shape index (κ2) is 5.74. The van der Waals surface area contributed by atoms with Crippen molar-refractivity contribution in [2.24, 2.45) is 0 Å². The Hall–Kier alpha value is -2.07. The number of hydrogen-bond acceptors (Lipinski definition) is 3. The predicted octanol–water partition coefficient (Wildman–Crippen LogP) is 2.74. The highest BCUT2D eigenvalue weighted by Gasteiger charge is 2.32. The van der Waals surface area contributed by atoms with E-state index in [0.29, 0.717) is 6.54 Å². The third-order valence-corrected chi connectivity index (χ3v) is 3.98. The summed E-state index contributed by atoms with van der Waals surface area (Å²) in [7, 11) is 0. The van der Waals surface area contributed by atoms with Crippen LogP contribution < -0.4 is 10.2 Å². The average molecular weight is 284 g/mol. The van der Waals surface area contributed by atoms with E-state index >= 15 is 0 Å². The van der Waals surface area contributed by atoms with Crippen LogP contribution in [0.3, 0.4) is 0 Å². The van der Waals surface area contributed by atoms with E-state index in [1.807, 2.05) is 42.2 Å². The first-order valence-corrected chi connectivity index (χ1v) is 7.33. The van der Waals surface area contributed by atoms with Gasteiger partial charge in [-0.3, -0.25) is 10.1 Å². The molecule has 1 aliphatic rings. The smallest absolute Gasteiger partial charge is 0.244 e. The van der Waals surface area contributed by atoms with Gasteiger partial charge < -0.3 is 9.32 Å². The number of para-hydroxylation sites is 1. The van der Waals surface area contributed by atoms with Crippen LogP contribution in [0.2, 0.25) is 0 Å². The van der Waals surface area contributed by atoms with Crippen LogP contribution in [0, 0.1) is 0 Å². The molecule has 0 bridgehead atoms. The number of rotatable bonds is 4. The number of hydrogen-bond donors (Lipinski definition) is 1. The summed E-state index contributed by atoms with van der Waals surface area (Å²) in [5, 5.41) is 3.23. The Morgan fingerprint density at radius 2 is 2.19 bits per heavy atom. The lowest BCUT2D eigenvalue weighted by molar-refractivity contribution is -0.120. The normalized spacial score (nSPS) is 18.6. The minimum absolute atomic E-state index is 0.110. The maximum absolute atomic E-state index is 12.7. The molecule has 0 radical (unpaired) electrons. The van der Waals surface area contributed by atoms with Gasteiger partial charge in [0.2, 0.25) is 5.91 Å². The SMILES string of the molecule is C[C@@H](NCc1ccco1)C(=O)N1c2ccccc2C[C@@H]1C. The van der Waals surface area contributed by atoms with Crippen molar-refractivity contribution in [2.75, 3.05) is 4.90 Å². The molecule has 0 saturated carbocycles. The summed E-state index contributed by atoms with van der Waals surface area (Å²) in [4.78, 5) is 14.6. The van der Waals surface area contributed by atoms with E-state index < -0.39 is 0 Å². The van der Waals surface area contributed by atoms with Crippen LogP contribution in [0.25, 0.3) is 0 Å². The van der Waals surface area contributed by atoms with Crippen LogP contribution in [-0.2, 0) is 17.8 Å². The van der Waals surface area contributed by atoms with Gasteiger partial charge in [-0.05, 0) is 44.0 Å². The molecule has 1 aromatic heterocycles. The van der Waals surface area contributed by atoms with Crippen LogP contribution in [0.1, 0.15) is 25.2 Å². The largest absolute Gasteiger partial charge is 0.468 e. The zero-order chi connectivity index (χ0) is 14.8. The number of furan rings is 1. The summed E-state index contributed by atoms with van der Waals surface area (Å²) in [6.45, 7) is 4.56. The van der Waals surface area contributed by atoms with Crippen molar-refractivity contribution < 1.29 is 9.21 Å². The van der Waals surface area contributed by atoms with Crippen LogP contribution in [0.4, 0.5) is 5.69 Å². The maximum atomic E-state index is 12.7. The summed E-state index contributed by atoms with van der Waals surface area (Å²) in [5.41, 5.74) is 2.29. The van der Waals surface area contributed by atoms with Crippen LogP contribution in [0.5, 0.6) is 0 Å². The molecule has 0 spiro atoms. The molecule has 0 unspecified atom stereocenters. The molecule has 1 aromatic carbocycles. The Morgan fingerprint density at radius 3 is 2.95 bits per heavy atom. The van der Waals surface area contributed by atoms with Crippen LogP contribution in [0.15, 0.2) is 47.1 Å². The standard InChI is InChI=1S/C17H20N2O2/c1-12-10-14-6-3-4-8-16(14)19(12)17(20)13(2)18-11-15-7-5-9-21-15/h3-9,12-13,18H,10-11H2,1-2H3/t12-,13+/m0/s1. The molecule has 4 heteroatoms. The third kappa shape index (κ3) is 2.72. The van der Waals surface area contributed by atoms with Crippen LogP contribution in [-0.4, -0.2) is 18.0 Å². The van der Waals surface area contributed by atoms with Gasteiger partial charge >= 0.3 is 0 Å². The number of nitrogens with one attached hydrogen (secondary N) is 1. The van der Waals surface area contributed by atoms with Crippen molar-refractivity contribution >= 4 is 11.6 Å². The van der Waals surface area contributed by atoms with Crippen molar-refractivity contribution in [3.8, 4) is 0 Å². The third-order valence-electron chi connectivity index (χ3n) is 3.98. The van der Waals surface area contributed by atoms with Gasteiger partial charge in [0, 0.05) is 11.7 Å². The van der Waals surface area contributed by atoms with E-state index in [-0.39, 0.29) is 18.0 Å². The Morgan fingerprint density at radius 1 is 1.38 bits per heavy atom. The number of amides is 1.